The van der Waals surface area contributed by atoms with Crippen molar-refractivity contribution in [1.82, 2.24) is 33.4 Å². The minimum absolute atomic E-state index is 0.0664. The van der Waals surface area contributed by atoms with E-state index in [-0.39, 0.29) is 64.7 Å². The second kappa shape index (κ2) is 17.8. The molecule has 20 heteroatoms. The van der Waals surface area contributed by atoms with Crippen LogP contribution in [0.2, 0.25) is 0 Å². The molecule has 0 aliphatic carbocycles. The van der Waals surface area contributed by atoms with Gasteiger partial charge in [0.25, 0.3) is 11.8 Å². The molecule has 0 bridgehead atoms. The summed E-state index contributed by atoms with van der Waals surface area (Å²) in [6.45, 7) is 1.45. The predicted octanol–water partition coefficient (Wildman–Crippen LogP) is 6.77. The van der Waals surface area contributed by atoms with E-state index in [2.05, 4.69) is 20.6 Å². The number of anilines is 2. The summed E-state index contributed by atoms with van der Waals surface area (Å²) in [5.74, 6) is -3.68. The molecule has 71 heavy (non-hydrogen) atoms. The van der Waals surface area contributed by atoms with E-state index < -0.39 is 46.9 Å². The van der Waals surface area contributed by atoms with Gasteiger partial charge in [-0.05, 0) is 103 Å². The molecule has 3 aromatic heterocycles. The van der Waals surface area contributed by atoms with E-state index in [1.165, 1.54) is 33.3 Å². The van der Waals surface area contributed by atoms with E-state index in [1.54, 1.807) is 46.5 Å². The van der Waals surface area contributed by atoms with E-state index in [0.717, 1.165) is 53.9 Å². The third-order valence-electron chi connectivity index (χ3n) is 13.5. The van der Waals surface area contributed by atoms with Crippen molar-refractivity contribution >= 4 is 56.9 Å². The number of aromatic nitrogens is 6. The number of hydrogen-bond acceptors (Lipinski definition) is 8. The van der Waals surface area contributed by atoms with Crippen molar-refractivity contribution in [3.63, 3.8) is 0 Å². The third kappa shape index (κ3) is 8.44. The minimum Gasteiger partial charge on any atom is -0.370 e. The number of halogens is 4. The number of benzene rings is 5. The molecular formula is C51H44F4N10O6. The number of hydrogen-bond donors (Lipinski definition) is 3. The van der Waals surface area contributed by atoms with Crippen molar-refractivity contribution in [1.29, 1.82) is 0 Å². The zero-order chi connectivity index (χ0) is 50.0. The van der Waals surface area contributed by atoms with Crippen molar-refractivity contribution in [2.24, 2.45) is 19.8 Å². The van der Waals surface area contributed by atoms with Gasteiger partial charge in [-0.1, -0.05) is 42.5 Å². The maximum Gasteiger partial charge on any atom is 0.416 e. The van der Waals surface area contributed by atoms with Crippen LogP contribution in [-0.2, 0) is 36.4 Å². The van der Waals surface area contributed by atoms with E-state index >= 15 is 0 Å². The molecule has 0 spiro atoms. The van der Waals surface area contributed by atoms with Gasteiger partial charge >= 0.3 is 17.6 Å². The van der Waals surface area contributed by atoms with Gasteiger partial charge in [-0.15, -0.1) is 0 Å². The average molecular weight is 969 g/mol. The van der Waals surface area contributed by atoms with Crippen LogP contribution in [0.1, 0.15) is 75.0 Å². The summed E-state index contributed by atoms with van der Waals surface area (Å²) in [5, 5.41) is 9.01. The lowest BCUT2D eigenvalue weighted by Gasteiger charge is -2.34. The quantitative estimate of drug-likeness (QED) is 0.0988. The largest absolute Gasteiger partial charge is 0.416 e. The molecule has 362 valence electrons. The number of carbonyl (C=O) groups is 4. The Bertz CT molecular complexity index is 3600. The number of imidazole rings is 1. The lowest BCUT2D eigenvalue weighted by molar-refractivity contribution is -0.138. The Labute approximate surface area is 400 Å². The van der Waals surface area contributed by atoms with Crippen LogP contribution in [0.5, 0.6) is 0 Å². The maximum atomic E-state index is 14.6. The molecule has 8 aromatic rings. The summed E-state index contributed by atoms with van der Waals surface area (Å²) in [6.07, 6.45) is -1.55. The fraction of sp³-hybridized carbons (Fsp3) is 0.235. The standard InChI is InChI=1S/C51H44F4N10O6/c1-60-45-39(4-3-5-40(45)65(49(60)70)41-16-17-43(66)59-48(41)69)62-20-18-30(19-21-62)29-8-6-28(7-9-29)26-63-42(31-10-13-35(14-11-31)64-27-57-61(2)50(64)71)23-32-22-33(51(53,54)55)24-37(44(32)63)47(68)58-34-12-15-38(52)36(25-34)46(56)67/h3-15,22-25,27,30,41H,16-21,26H2,1-2H3,(H2,56,67)(H,58,68)(H,59,66,69). The van der Waals surface area contributed by atoms with Gasteiger partial charge in [0.1, 0.15) is 18.2 Å². The zero-order valence-corrected chi connectivity index (χ0v) is 38.2. The predicted molar refractivity (Wildman–Crippen MR) is 256 cm³/mol. The summed E-state index contributed by atoms with van der Waals surface area (Å²) in [5.41, 5.74) is 8.33. The number of para-hydroxylation sites is 1. The van der Waals surface area contributed by atoms with E-state index in [4.69, 9.17) is 5.73 Å². The summed E-state index contributed by atoms with van der Waals surface area (Å²) in [6, 6.07) is 26.0. The van der Waals surface area contributed by atoms with Crippen LogP contribution in [0.15, 0.2) is 119 Å². The number of aryl methyl sites for hydroxylation is 2. The number of nitrogens with two attached hydrogens (primary N) is 1. The van der Waals surface area contributed by atoms with Crippen LogP contribution in [0.3, 0.4) is 0 Å². The van der Waals surface area contributed by atoms with Gasteiger partial charge in [0.05, 0.1) is 44.6 Å². The van der Waals surface area contributed by atoms with Gasteiger partial charge in [0, 0.05) is 56.9 Å². The van der Waals surface area contributed by atoms with Crippen LogP contribution in [-0.4, -0.2) is 64.8 Å². The molecule has 10 rings (SSSR count). The Balaban J connectivity index is 0.967. The first-order valence-corrected chi connectivity index (χ1v) is 22.7. The Morgan fingerprint density at radius 1 is 0.831 bits per heavy atom. The van der Waals surface area contributed by atoms with Crippen LogP contribution < -0.4 is 32.6 Å². The molecule has 2 aliphatic rings. The number of amides is 4. The molecule has 0 radical (unpaired) electrons. The first kappa shape index (κ1) is 46.2. The normalized spacial score (nSPS) is 15.7. The molecule has 5 heterocycles. The van der Waals surface area contributed by atoms with Crippen LogP contribution in [0.25, 0.3) is 38.9 Å². The Kier molecular flexibility index (Phi) is 11.6. The molecular weight excluding hydrogens is 925 g/mol. The number of nitrogens with zero attached hydrogens (tertiary/aromatic N) is 7. The van der Waals surface area contributed by atoms with E-state index in [1.807, 2.05) is 42.5 Å². The fourth-order valence-electron chi connectivity index (χ4n) is 9.93. The second-order valence-electron chi connectivity index (χ2n) is 17.9. The highest BCUT2D eigenvalue weighted by atomic mass is 19.4. The number of alkyl halides is 3. The molecule has 0 saturated carbocycles. The number of imide groups is 1. The van der Waals surface area contributed by atoms with Crippen molar-refractivity contribution in [3.05, 3.63) is 164 Å². The van der Waals surface area contributed by atoms with Crippen LogP contribution in [0.4, 0.5) is 28.9 Å². The molecule has 2 saturated heterocycles. The summed E-state index contributed by atoms with van der Waals surface area (Å²) < 4.78 is 65.4. The van der Waals surface area contributed by atoms with Crippen LogP contribution >= 0.6 is 0 Å². The second-order valence-corrected chi connectivity index (χ2v) is 17.9. The third-order valence-corrected chi connectivity index (χ3v) is 13.5. The molecule has 2 fully saturated rings. The van der Waals surface area contributed by atoms with Gasteiger partial charge in [0.15, 0.2) is 0 Å². The number of nitrogens with one attached hydrogen (secondary N) is 2. The molecule has 16 nitrogen and oxygen atoms in total. The maximum absolute atomic E-state index is 14.6. The highest BCUT2D eigenvalue weighted by Crippen LogP contribution is 2.39. The Morgan fingerprint density at radius 3 is 2.23 bits per heavy atom. The monoisotopic (exact) mass is 968 g/mol. The Morgan fingerprint density at radius 2 is 1.56 bits per heavy atom. The van der Waals surface area contributed by atoms with Gasteiger partial charge in [-0.3, -0.25) is 33.6 Å². The van der Waals surface area contributed by atoms with E-state index in [0.29, 0.717) is 41.1 Å². The number of primary amides is 1. The van der Waals surface area contributed by atoms with Crippen LogP contribution in [0, 0.1) is 5.82 Å². The molecule has 1 atom stereocenters. The van der Waals surface area contributed by atoms with Crippen molar-refractivity contribution in [3.8, 4) is 16.9 Å². The smallest absolute Gasteiger partial charge is 0.370 e. The van der Waals surface area contributed by atoms with Gasteiger partial charge < -0.3 is 20.5 Å². The highest BCUT2D eigenvalue weighted by molar-refractivity contribution is 6.13. The number of piperidine rings is 2. The molecule has 4 amide bonds. The molecule has 2 aliphatic heterocycles. The van der Waals surface area contributed by atoms with E-state index in [9.17, 15) is 46.3 Å². The Hall–Kier alpha value is -8.55. The van der Waals surface area contributed by atoms with Crippen molar-refractivity contribution in [2.75, 3.05) is 23.3 Å². The first-order chi connectivity index (χ1) is 33.9. The topological polar surface area (TPSA) is 193 Å². The minimum atomic E-state index is -4.85. The van der Waals surface area contributed by atoms with Crippen molar-refractivity contribution < 1.29 is 36.7 Å². The van der Waals surface area contributed by atoms with Gasteiger partial charge in [0.2, 0.25) is 11.8 Å². The lowest BCUT2D eigenvalue weighted by Crippen LogP contribution is -2.44. The zero-order valence-electron chi connectivity index (χ0n) is 38.2. The molecule has 4 N–H and O–H groups in total. The molecule has 1 unspecified atom stereocenters. The highest BCUT2D eigenvalue weighted by Gasteiger charge is 2.35. The van der Waals surface area contributed by atoms with Crippen molar-refractivity contribution in [2.45, 2.75) is 50.4 Å². The lowest BCUT2D eigenvalue weighted by atomic mass is 9.88. The average Bonchev–Trinajstić information content (AvgIpc) is 3.98. The SMILES string of the molecule is Cn1ncn(-c2ccc(-c3cc4cc(C(F)(F)F)cc(C(=O)Nc5ccc(F)c(C(N)=O)c5)c4n3Cc3ccc(C4CCN(c5cccc6c5n(C)c(=O)n6C5CCC(=O)NC5=O)CC4)cc3)cc2)c1=O. The van der Waals surface area contributed by atoms with Gasteiger partial charge in [-0.25, -0.2) is 23.2 Å². The van der Waals surface area contributed by atoms with Gasteiger partial charge in [-0.2, -0.15) is 18.3 Å². The summed E-state index contributed by atoms with van der Waals surface area (Å²) in [7, 11) is 3.19. The summed E-state index contributed by atoms with van der Waals surface area (Å²) in [4.78, 5) is 79.3. The molecule has 5 aromatic carbocycles. The number of carbonyl (C=O) groups excluding carboxylic acids is 4. The number of rotatable bonds is 10. The fourth-order valence-corrected chi connectivity index (χ4v) is 9.93. The first-order valence-electron chi connectivity index (χ1n) is 22.7. The number of fused-ring (bicyclic) bond motifs is 2. The summed E-state index contributed by atoms with van der Waals surface area (Å²) >= 11 is 0.